The maximum atomic E-state index is 12.3. The molecule has 2 N–H and O–H groups in total. The summed E-state index contributed by atoms with van der Waals surface area (Å²) in [6.45, 7) is 0.529. The van der Waals surface area contributed by atoms with E-state index in [9.17, 15) is 18.7 Å². The van der Waals surface area contributed by atoms with Crippen molar-refractivity contribution in [3.63, 3.8) is 0 Å². The number of likely N-dealkylation sites (N-methyl/N-ethyl adjacent to an activating group) is 1. The van der Waals surface area contributed by atoms with Crippen molar-refractivity contribution in [3.8, 4) is 5.75 Å². The van der Waals surface area contributed by atoms with Gasteiger partial charge in [0.15, 0.2) is 0 Å². The van der Waals surface area contributed by atoms with Crippen LogP contribution < -0.4 is 10.1 Å². The summed E-state index contributed by atoms with van der Waals surface area (Å²) in [5.41, 5.74) is -1.31. The lowest BCUT2D eigenvalue weighted by molar-refractivity contribution is -0.144. The van der Waals surface area contributed by atoms with E-state index in [-0.39, 0.29) is 11.3 Å². The van der Waals surface area contributed by atoms with Gasteiger partial charge in [0.25, 0.3) is 0 Å². The molecule has 0 aliphatic carbocycles. The van der Waals surface area contributed by atoms with E-state index in [1.165, 1.54) is 25.1 Å². The maximum Gasteiger partial charge on any atom is 0.387 e. The Bertz CT molecular complexity index is 426. The van der Waals surface area contributed by atoms with E-state index in [1.807, 2.05) is 0 Å². The highest BCUT2D eigenvalue weighted by molar-refractivity contribution is 5.81. The first-order valence-corrected chi connectivity index (χ1v) is 5.44. The monoisotopic (exact) mass is 259 g/mol. The van der Waals surface area contributed by atoms with E-state index in [2.05, 4.69) is 10.1 Å². The molecule has 4 nitrogen and oxygen atoms in total. The Balaban J connectivity index is 3.23. The molecule has 0 amide bonds. The number of nitrogens with one attached hydrogen (secondary N) is 1. The third-order valence-electron chi connectivity index (χ3n) is 2.60. The van der Waals surface area contributed by atoms with Crippen LogP contribution in [0.5, 0.6) is 5.75 Å². The van der Waals surface area contributed by atoms with Gasteiger partial charge in [0, 0.05) is 5.56 Å². The lowest BCUT2D eigenvalue weighted by Gasteiger charge is -2.28. The fraction of sp³-hybridized carbons (Fsp3) is 0.417. The number of para-hydroxylation sites is 1. The molecule has 1 aromatic rings. The van der Waals surface area contributed by atoms with E-state index in [0.29, 0.717) is 6.54 Å². The van der Waals surface area contributed by atoms with Gasteiger partial charge in [-0.05, 0) is 19.5 Å². The number of carbonyl (C=O) groups is 1. The van der Waals surface area contributed by atoms with Gasteiger partial charge in [-0.2, -0.15) is 8.78 Å². The molecule has 0 bridgehead atoms. The summed E-state index contributed by atoms with van der Waals surface area (Å²) in [6.07, 6.45) is 0. The number of hydrogen-bond donors (Lipinski definition) is 2. The van der Waals surface area contributed by atoms with Gasteiger partial charge >= 0.3 is 12.6 Å². The van der Waals surface area contributed by atoms with Crippen LogP contribution in [0.4, 0.5) is 8.78 Å². The Labute approximate surface area is 104 Å². The fourth-order valence-corrected chi connectivity index (χ4v) is 1.72. The number of aliphatic carboxylic acids is 1. The average molecular weight is 259 g/mol. The zero-order valence-electron chi connectivity index (χ0n) is 10.1. The second-order valence-corrected chi connectivity index (χ2v) is 3.84. The van der Waals surface area contributed by atoms with Crippen LogP contribution in [-0.2, 0) is 10.3 Å². The number of halogens is 2. The van der Waals surface area contributed by atoms with Crippen LogP contribution in [0.3, 0.4) is 0 Å². The van der Waals surface area contributed by atoms with Crippen molar-refractivity contribution in [2.45, 2.75) is 26.0 Å². The second-order valence-electron chi connectivity index (χ2n) is 3.84. The summed E-state index contributed by atoms with van der Waals surface area (Å²) in [5.74, 6) is -1.30. The predicted octanol–water partition coefficient (Wildman–Crippen LogP) is 2.20. The summed E-state index contributed by atoms with van der Waals surface area (Å²) in [4.78, 5) is 11.3. The molecule has 0 fully saturated rings. The lowest BCUT2D eigenvalue weighted by atomic mass is 9.91. The summed E-state index contributed by atoms with van der Waals surface area (Å²) in [7, 11) is 0. The molecule has 0 radical (unpaired) electrons. The molecule has 0 aliphatic heterocycles. The number of carboxylic acid groups (broad SMARTS) is 1. The minimum absolute atomic E-state index is 0.140. The highest BCUT2D eigenvalue weighted by Crippen LogP contribution is 2.31. The van der Waals surface area contributed by atoms with Gasteiger partial charge in [-0.3, -0.25) is 5.32 Å². The van der Waals surface area contributed by atoms with Gasteiger partial charge in [-0.25, -0.2) is 4.79 Å². The van der Waals surface area contributed by atoms with E-state index in [0.717, 1.165) is 0 Å². The van der Waals surface area contributed by atoms with Crippen molar-refractivity contribution in [3.05, 3.63) is 29.8 Å². The number of carboxylic acids is 1. The van der Waals surface area contributed by atoms with Gasteiger partial charge in [-0.1, -0.05) is 25.1 Å². The first-order chi connectivity index (χ1) is 8.41. The molecule has 0 aliphatic rings. The van der Waals surface area contributed by atoms with E-state index < -0.39 is 18.1 Å². The van der Waals surface area contributed by atoms with Gasteiger partial charge < -0.3 is 9.84 Å². The topological polar surface area (TPSA) is 58.6 Å². The van der Waals surface area contributed by atoms with Gasteiger partial charge in [-0.15, -0.1) is 0 Å². The van der Waals surface area contributed by atoms with Gasteiger partial charge in [0.2, 0.25) is 0 Å². The maximum absolute atomic E-state index is 12.3. The Morgan fingerprint density at radius 2 is 2.11 bits per heavy atom. The van der Waals surface area contributed by atoms with Crippen molar-refractivity contribution in [2.24, 2.45) is 0 Å². The minimum atomic E-state index is -2.99. The van der Waals surface area contributed by atoms with E-state index in [1.54, 1.807) is 13.0 Å². The van der Waals surface area contributed by atoms with Crippen molar-refractivity contribution in [2.75, 3.05) is 6.54 Å². The van der Waals surface area contributed by atoms with E-state index >= 15 is 0 Å². The average Bonchev–Trinajstić information content (AvgIpc) is 2.28. The molecule has 0 heterocycles. The SMILES string of the molecule is CCNC(C)(C(=O)O)c1ccccc1OC(F)F. The van der Waals surface area contributed by atoms with Gasteiger partial charge in [0.1, 0.15) is 11.3 Å². The third-order valence-corrected chi connectivity index (χ3v) is 2.60. The molecule has 1 rings (SSSR count). The Morgan fingerprint density at radius 1 is 1.50 bits per heavy atom. The molecular formula is C12H15F2NO3. The van der Waals surface area contributed by atoms with Crippen molar-refractivity contribution in [1.29, 1.82) is 0 Å². The number of alkyl halides is 2. The zero-order valence-corrected chi connectivity index (χ0v) is 10.1. The lowest BCUT2D eigenvalue weighted by Crippen LogP contribution is -2.46. The van der Waals surface area contributed by atoms with Crippen LogP contribution in [-0.4, -0.2) is 24.2 Å². The van der Waals surface area contributed by atoms with Crippen molar-refractivity contribution < 1.29 is 23.4 Å². The van der Waals surface area contributed by atoms with Crippen molar-refractivity contribution >= 4 is 5.97 Å². The Kier molecular flexibility index (Phi) is 4.61. The standard InChI is InChI=1S/C12H15F2NO3/c1-3-15-12(2,10(16)17)8-6-4-5-7-9(8)18-11(13)14/h4-7,11,15H,3H2,1-2H3,(H,16,17). The molecular weight excluding hydrogens is 244 g/mol. The molecule has 6 heteroatoms. The second kappa shape index (κ2) is 5.77. The van der Waals surface area contributed by atoms with Crippen LogP contribution in [0, 0.1) is 0 Å². The van der Waals surface area contributed by atoms with Crippen LogP contribution in [0.25, 0.3) is 0 Å². The number of benzene rings is 1. The summed E-state index contributed by atoms with van der Waals surface area (Å²) >= 11 is 0. The molecule has 0 spiro atoms. The summed E-state index contributed by atoms with van der Waals surface area (Å²) in [5, 5.41) is 12.0. The predicted molar refractivity (Wildman–Crippen MR) is 61.7 cm³/mol. The number of ether oxygens (including phenoxy) is 1. The summed E-state index contributed by atoms with van der Waals surface area (Å²) in [6, 6.07) is 5.86. The Hall–Kier alpha value is -1.69. The quantitative estimate of drug-likeness (QED) is 0.822. The first kappa shape index (κ1) is 14.4. The molecule has 0 aromatic heterocycles. The summed E-state index contributed by atoms with van der Waals surface area (Å²) < 4.78 is 28.9. The van der Waals surface area contributed by atoms with E-state index in [4.69, 9.17) is 0 Å². The molecule has 0 saturated heterocycles. The zero-order chi connectivity index (χ0) is 13.8. The number of rotatable bonds is 6. The minimum Gasteiger partial charge on any atom is -0.480 e. The highest BCUT2D eigenvalue weighted by atomic mass is 19.3. The first-order valence-electron chi connectivity index (χ1n) is 5.44. The third kappa shape index (κ3) is 2.95. The Morgan fingerprint density at radius 3 is 2.61 bits per heavy atom. The normalized spacial score (nSPS) is 14.3. The number of hydrogen-bond acceptors (Lipinski definition) is 3. The smallest absolute Gasteiger partial charge is 0.387 e. The van der Waals surface area contributed by atoms with Gasteiger partial charge in [0.05, 0.1) is 0 Å². The molecule has 18 heavy (non-hydrogen) atoms. The van der Waals surface area contributed by atoms with Crippen LogP contribution in [0.2, 0.25) is 0 Å². The molecule has 1 unspecified atom stereocenters. The molecule has 1 aromatic carbocycles. The highest BCUT2D eigenvalue weighted by Gasteiger charge is 2.37. The van der Waals surface area contributed by atoms with Crippen molar-refractivity contribution in [1.82, 2.24) is 5.32 Å². The van der Waals surface area contributed by atoms with Crippen LogP contribution in [0.1, 0.15) is 19.4 Å². The fourth-order valence-electron chi connectivity index (χ4n) is 1.72. The molecule has 100 valence electrons. The van der Waals surface area contributed by atoms with Crippen LogP contribution in [0.15, 0.2) is 24.3 Å². The molecule has 0 saturated carbocycles. The molecule has 1 atom stereocenters. The van der Waals surface area contributed by atoms with Crippen LogP contribution >= 0.6 is 0 Å². The largest absolute Gasteiger partial charge is 0.480 e.